The molecule has 0 radical (unpaired) electrons. The van der Waals surface area contributed by atoms with Crippen LogP contribution in [0.4, 0.5) is 0 Å². The van der Waals surface area contributed by atoms with Crippen LogP contribution >= 0.6 is 0 Å². The Morgan fingerprint density at radius 2 is 2.19 bits per heavy atom. The highest BCUT2D eigenvalue weighted by atomic mass is 16.3. The summed E-state index contributed by atoms with van der Waals surface area (Å²) in [7, 11) is 1.98. The molecule has 0 spiro atoms. The van der Waals surface area contributed by atoms with Crippen molar-refractivity contribution in [2.24, 2.45) is 18.0 Å². The van der Waals surface area contributed by atoms with Crippen molar-refractivity contribution in [3.63, 3.8) is 0 Å². The second-order valence-electron chi connectivity index (χ2n) is 7.20. The third kappa shape index (κ3) is 5.38. The summed E-state index contributed by atoms with van der Waals surface area (Å²) in [6.45, 7) is 3.90. The summed E-state index contributed by atoms with van der Waals surface area (Å²) in [5, 5.41) is 11.4. The number of nitrogens with one attached hydrogen (secondary N) is 2. The minimum atomic E-state index is 0.510. The first-order valence-electron chi connectivity index (χ1n) is 9.76. The molecule has 0 saturated heterocycles. The van der Waals surface area contributed by atoms with E-state index in [9.17, 15) is 0 Å². The average Bonchev–Trinajstić information content (AvgIpc) is 3.29. The zero-order valence-corrected chi connectivity index (χ0v) is 15.9. The number of hydrogen-bond donors (Lipinski definition) is 2. The van der Waals surface area contributed by atoms with Crippen molar-refractivity contribution >= 4 is 5.96 Å². The minimum absolute atomic E-state index is 0.510. The molecule has 0 bridgehead atoms. The fourth-order valence-electron chi connectivity index (χ4n) is 3.55. The highest BCUT2D eigenvalue weighted by Crippen LogP contribution is 2.23. The van der Waals surface area contributed by atoms with Gasteiger partial charge in [-0.15, -0.1) is 0 Å². The summed E-state index contributed by atoms with van der Waals surface area (Å²) in [5.41, 5.74) is 1.22. The van der Waals surface area contributed by atoms with Crippen molar-refractivity contribution in [3.05, 3.63) is 42.1 Å². The van der Waals surface area contributed by atoms with E-state index in [0.29, 0.717) is 12.0 Å². The zero-order chi connectivity index (χ0) is 18.2. The minimum Gasteiger partial charge on any atom is -0.469 e. The molecule has 26 heavy (non-hydrogen) atoms. The number of aliphatic imine (C=N–C) groups is 1. The van der Waals surface area contributed by atoms with Gasteiger partial charge in [0.2, 0.25) is 0 Å². The molecule has 2 heterocycles. The Hall–Kier alpha value is -2.24. The topological polar surface area (TPSA) is 67.4 Å². The van der Waals surface area contributed by atoms with E-state index in [4.69, 9.17) is 9.41 Å². The zero-order valence-electron chi connectivity index (χ0n) is 15.9. The molecule has 142 valence electrons. The van der Waals surface area contributed by atoms with E-state index in [-0.39, 0.29) is 0 Å². The van der Waals surface area contributed by atoms with Gasteiger partial charge in [-0.05, 0) is 37.0 Å². The Morgan fingerprint density at radius 3 is 2.92 bits per heavy atom. The van der Waals surface area contributed by atoms with E-state index in [1.54, 1.807) is 6.26 Å². The molecule has 1 fully saturated rings. The first kappa shape index (κ1) is 18.5. The van der Waals surface area contributed by atoms with Crippen LogP contribution in [0.5, 0.6) is 0 Å². The Kier molecular flexibility index (Phi) is 6.75. The van der Waals surface area contributed by atoms with Crippen LogP contribution in [0.25, 0.3) is 0 Å². The molecule has 1 saturated carbocycles. The van der Waals surface area contributed by atoms with Gasteiger partial charge in [-0.2, -0.15) is 5.10 Å². The van der Waals surface area contributed by atoms with Crippen LogP contribution in [0.3, 0.4) is 0 Å². The molecule has 0 aliphatic heterocycles. The van der Waals surface area contributed by atoms with Gasteiger partial charge in [-0.25, -0.2) is 0 Å². The van der Waals surface area contributed by atoms with Crippen molar-refractivity contribution in [2.75, 3.05) is 13.1 Å². The fraction of sp³-hybridized carbons (Fsp3) is 0.600. The number of guanidine groups is 1. The van der Waals surface area contributed by atoms with Crippen LogP contribution in [-0.4, -0.2) is 34.9 Å². The van der Waals surface area contributed by atoms with E-state index < -0.39 is 0 Å². The molecular formula is C20H31N5O. The van der Waals surface area contributed by atoms with Gasteiger partial charge in [0.1, 0.15) is 5.76 Å². The van der Waals surface area contributed by atoms with Crippen molar-refractivity contribution in [1.29, 1.82) is 0 Å². The highest BCUT2D eigenvalue weighted by molar-refractivity contribution is 5.80. The lowest BCUT2D eigenvalue weighted by Gasteiger charge is -2.31. The Morgan fingerprint density at radius 1 is 1.31 bits per heavy atom. The number of nitrogens with zero attached hydrogens (tertiary/aromatic N) is 3. The predicted octanol–water partition coefficient (Wildman–Crippen LogP) is 2.91. The highest BCUT2D eigenvalue weighted by Gasteiger charge is 2.22. The van der Waals surface area contributed by atoms with Crippen molar-refractivity contribution < 1.29 is 4.42 Å². The number of aromatic nitrogens is 2. The molecule has 2 unspecified atom stereocenters. The van der Waals surface area contributed by atoms with Crippen molar-refractivity contribution in [1.82, 2.24) is 20.4 Å². The van der Waals surface area contributed by atoms with E-state index in [0.717, 1.165) is 37.7 Å². The molecule has 2 aromatic rings. The van der Waals surface area contributed by atoms with Gasteiger partial charge in [0.15, 0.2) is 5.96 Å². The normalized spacial score (nSPS) is 20.9. The van der Waals surface area contributed by atoms with E-state index in [2.05, 4.69) is 28.7 Å². The summed E-state index contributed by atoms with van der Waals surface area (Å²) >= 11 is 0. The summed E-state index contributed by atoms with van der Waals surface area (Å²) in [4.78, 5) is 4.78. The van der Waals surface area contributed by atoms with Gasteiger partial charge in [0.05, 0.1) is 6.26 Å². The van der Waals surface area contributed by atoms with Crippen LogP contribution in [-0.2, 0) is 19.9 Å². The number of rotatable bonds is 7. The van der Waals surface area contributed by atoms with E-state index in [1.165, 1.54) is 31.4 Å². The number of aryl methyl sites for hydroxylation is 1. The molecule has 2 N–H and O–H groups in total. The first-order valence-corrected chi connectivity index (χ1v) is 9.76. The number of furan rings is 1. The van der Waals surface area contributed by atoms with Gasteiger partial charge in [-0.3, -0.25) is 9.67 Å². The molecular weight excluding hydrogens is 326 g/mol. The second kappa shape index (κ2) is 9.46. The van der Waals surface area contributed by atoms with Crippen molar-refractivity contribution in [3.8, 4) is 0 Å². The summed E-state index contributed by atoms with van der Waals surface area (Å²) in [6, 6.07) is 6.50. The maximum atomic E-state index is 5.41. The molecule has 6 heteroatoms. The van der Waals surface area contributed by atoms with Crippen LogP contribution in [0, 0.1) is 5.92 Å². The monoisotopic (exact) mass is 357 g/mol. The van der Waals surface area contributed by atoms with Gasteiger partial charge in [-0.1, -0.05) is 19.8 Å². The summed E-state index contributed by atoms with van der Waals surface area (Å²) in [5.74, 6) is 2.59. The second-order valence-corrected chi connectivity index (χ2v) is 7.20. The van der Waals surface area contributed by atoms with E-state index in [1.807, 2.05) is 30.1 Å². The largest absolute Gasteiger partial charge is 0.469 e. The fourth-order valence-corrected chi connectivity index (χ4v) is 3.55. The maximum absolute atomic E-state index is 5.41. The van der Waals surface area contributed by atoms with Crippen LogP contribution in [0.2, 0.25) is 0 Å². The van der Waals surface area contributed by atoms with Crippen molar-refractivity contribution in [2.45, 2.75) is 51.5 Å². The lowest BCUT2D eigenvalue weighted by molar-refractivity contribution is 0.306. The summed E-state index contributed by atoms with van der Waals surface area (Å²) in [6.07, 6.45) is 10.5. The lowest BCUT2D eigenvalue weighted by Crippen LogP contribution is -2.47. The Balaban J connectivity index is 1.55. The Bertz CT molecular complexity index is 676. The quantitative estimate of drug-likeness (QED) is 0.591. The molecule has 2 aromatic heterocycles. The van der Waals surface area contributed by atoms with Gasteiger partial charge >= 0.3 is 0 Å². The Labute approximate surface area is 156 Å². The molecule has 1 aliphatic rings. The molecule has 0 aromatic carbocycles. The number of hydrogen-bond acceptors (Lipinski definition) is 3. The third-order valence-corrected chi connectivity index (χ3v) is 5.24. The average molecular weight is 358 g/mol. The van der Waals surface area contributed by atoms with Gasteiger partial charge < -0.3 is 15.1 Å². The summed E-state index contributed by atoms with van der Waals surface area (Å²) < 4.78 is 7.33. The molecule has 6 nitrogen and oxygen atoms in total. The predicted molar refractivity (Wildman–Crippen MR) is 104 cm³/mol. The molecule has 1 aliphatic carbocycles. The molecule has 2 atom stereocenters. The van der Waals surface area contributed by atoms with Crippen LogP contribution in [0.15, 0.2) is 40.1 Å². The third-order valence-electron chi connectivity index (χ3n) is 5.24. The molecule has 3 rings (SSSR count). The smallest absolute Gasteiger partial charge is 0.191 e. The van der Waals surface area contributed by atoms with Gasteiger partial charge in [0, 0.05) is 50.9 Å². The van der Waals surface area contributed by atoms with Crippen LogP contribution in [0.1, 0.15) is 44.1 Å². The standard InChI is InChI=1S/C20H31N5O/c1-16-6-3-4-8-19(16)24-20(22-13-11-18-7-5-15-26-18)21-12-9-17-10-14-23-25(17)2/h5,7,10,14-16,19H,3-4,6,8-9,11-13H2,1-2H3,(H2,21,22,24). The first-order chi connectivity index (χ1) is 12.7. The maximum Gasteiger partial charge on any atom is 0.191 e. The van der Waals surface area contributed by atoms with Gasteiger partial charge in [0.25, 0.3) is 0 Å². The van der Waals surface area contributed by atoms with Crippen LogP contribution < -0.4 is 10.6 Å². The molecule has 0 amide bonds. The lowest BCUT2D eigenvalue weighted by atomic mass is 9.86. The van der Waals surface area contributed by atoms with E-state index >= 15 is 0 Å². The SMILES string of the molecule is CC1CCCCC1NC(=NCCc1ccco1)NCCc1ccnn1C.